The van der Waals surface area contributed by atoms with Crippen molar-refractivity contribution in [1.82, 2.24) is 5.32 Å². The van der Waals surface area contributed by atoms with Crippen molar-refractivity contribution in [2.45, 2.75) is 62.7 Å². The highest BCUT2D eigenvalue weighted by Gasteiger charge is 2.32. The van der Waals surface area contributed by atoms with Crippen molar-refractivity contribution in [3.8, 4) is 5.75 Å². The number of nitrogens with one attached hydrogen (secondary N) is 1. The van der Waals surface area contributed by atoms with E-state index in [-0.39, 0.29) is 23.6 Å². The van der Waals surface area contributed by atoms with Crippen LogP contribution in [-0.2, 0) is 21.0 Å². The van der Waals surface area contributed by atoms with Gasteiger partial charge in [-0.15, -0.1) is 24.9 Å². The van der Waals surface area contributed by atoms with Gasteiger partial charge >= 0.3 is 14.6 Å². The minimum Gasteiger partial charge on any atom is -0.405 e. The smallest absolute Gasteiger partial charge is 0.405 e. The molecule has 0 bridgehead atoms. The van der Waals surface area contributed by atoms with Crippen LogP contribution in [0.2, 0.25) is 0 Å². The number of alkyl halides is 3. The molecule has 0 aliphatic heterocycles. The van der Waals surface area contributed by atoms with Crippen molar-refractivity contribution in [2.24, 2.45) is 0 Å². The Morgan fingerprint density at radius 1 is 1.06 bits per heavy atom. The zero-order chi connectivity index (χ0) is 25.9. The molecule has 2 rings (SSSR count). The van der Waals surface area contributed by atoms with E-state index in [1.165, 1.54) is 30.0 Å². The van der Waals surface area contributed by atoms with Gasteiger partial charge in [0.25, 0.3) is 0 Å². The normalized spacial score (nSPS) is 13.1. The highest BCUT2D eigenvalue weighted by molar-refractivity contribution is 7.99. The minimum atomic E-state index is -4.79. The number of hydrogen-bond donors (Lipinski definition) is 2. The Labute approximate surface area is 208 Å². The summed E-state index contributed by atoms with van der Waals surface area (Å²) in [6, 6.07) is 11.2. The maximum absolute atomic E-state index is 13.2. The summed E-state index contributed by atoms with van der Waals surface area (Å²) in [7, 11) is -2.95. The summed E-state index contributed by atoms with van der Waals surface area (Å²) in [6.07, 6.45) is -1.74. The van der Waals surface area contributed by atoms with Gasteiger partial charge < -0.3 is 19.5 Å². The Kier molecular flexibility index (Phi) is 12.1. The quantitative estimate of drug-likeness (QED) is 0.112. The lowest BCUT2D eigenvalue weighted by molar-refractivity contribution is -0.275. The molecule has 0 amide bonds. The van der Waals surface area contributed by atoms with Crippen LogP contribution in [0.25, 0.3) is 0 Å². The third-order valence-electron chi connectivity index (χ3n) is 5.37. The van der Waals surface area contributed by atoms with Crippen molar-refractivity contribution in [1.29, 1.82) is 0 Å². The SMILES string of the molecule is CC(C)(CCCCSc1ccc(CNCCCO[PH](=O)O)cc1OC(F)(F)F)c1ccc(F)cc1. The monoisotopic (exact) mass is 537 g/mol. The molecule has 0 radical (unpaired) electrons. The summed E-state index contributed by atoms with van der Waals surface area (Å²) < 4.78 is 71.3. The number of hydrogen-bond acceptors (Lipinski definition) is 5. The molecule has 0 saturated heterocycles. The second kappa shape index (κ2) is 14.2. The summed E-state index contributed by atoms with van der Waals surface area (Å²) in [5.74, 6) is 0.140. The average Bonchev–Trinajstić information content (AvgIpc) is 2.76. The van der Waals surface area contributed by atoms with Crippen molar-refractivity contribution in [2.75, 3.05) is 18.9 Å². The van der Waals surface area contributed by atoms with Crippen LogP contribution in [0.5, 0.6) is 5.75 Å². The predicted molar refractivity (Wildman–Crippen MR) is 131 cm³/mol. The average molecular weight is 538 g/mol. The molecule has 0 fully saturated rings. The van der Waals surface area contributed by atoms with Gasteiger partial charge in [0.1, 0.15) is 11.6 Å². The fraction of sp³-hybridized carbons (Fsp3) is 0.500. The van der Waals surface area contributed by atoms with Crippen molar-refractivity contribution >= 4 is 20.0 Å². The van der Waals surface area contributed by atoms with E-state index in [2.05, 4.69) is 28.4 Å². The summed E-state index contributed by atoms with van der Waals surface area (Å²) in [4.78, 5) is 9.03. The van der Waals surface area contributed by atoms with E-state index in [0.29, 0.717) is 35.7 Å². The fourth-order valence-corrected chi connectivity index (χ4v) is 4.77. The third kappa shape index (κ3) is 11.8. The molecular formula is C24H32F4NO4PS. The number of rotatable bonds is 15. The molecule has 0 saturated carbocycles. The highest BCUT2D eigenvalue weighted by atomic mass is 32.2. The zero-order valence-electron chi connectivity index (χ0n) is 19.8. The van der Waals surface area contributed by atoms with Crippen molar-refractivity contribution in [3.05, 3.63) is 59.4 Å². The van der Waals surface area contributed by atoms with Crippen LogP contribution in [0.1, 0.15) is 50.7 Å². The lowest BCUT2D eigenvalue weighted by Crippen LogP contribution is -2.19. The van der Waals surface area contributed by atoms with E-state index in [0.717, 1.165) is 24.8 Å². The number of thioether (sulfide) groups is 1. The van der Waals surface area contributed by atoms with Gasteiger partial charge in [-0.1, -0.05) is 38.5 Å². The summed E-state index contributed by atoms with van der Waals surface area (Å²) in [5.41, 5.74) is 1.56. The Balaban J connectivity index is 1.85. The van der Waals surface area contributed by atoms with E-state index < -0.39 is 14.6 Å². The molecule has 0 aliphatic rings. The molecule has 0 heterocycles. The molecule has 1 unspecified atom stereocenters. The van der Waals surface area contributed by atoms with E-state index in [1.807, 2.05) is 0 Å². The molecule has 2 aromatic carbocycles. The van der Waals surface area contributed by atoms with Crippen molar-refractivity contribution < 1.29 is 36.3 Å². The molecule has 0 aliphatic carbocycles. The van der Waals surface area contributed by atoms with E-state index >= 15 is 0 Å². The van der Waals surface area contributed by atoms with Crippen molar-refractivity contribution in [3.63, 3.8) is 0 Å². The molecule has 1 atom stereocenters. The lowest BCUT2D eigenvalue weighted by Gasteiger charge is -2.25. The minimum absolute atomic E-state index is 0.125. The predicted octanol–water partition coefficient (Wildman–Crippen LogP) is 6.84. The van der Waals surface area contributed by atoms with Gasteiger partial charge in [-0.05, 0) is 72.4 Å². The third-order valence-corrected chi connectivity index (χ3v) is 6.96. The van der Waals surface area contributed by atoms with Gasteiger partial charge in [-0.25, -0.2) is 4.39 Å². The Bertz CT molecular complexity index is 942. The van der Waals surface area contributed by atoms with Crippen LogP contribution in [-0.4, -0.2) is 30.2 Å². The molecule has 196 valence electrons. The second-order valence-corrected chi connectivity index (χ2v) is 10.6. The molecule has 35 heavy (non-hydrogen) atoms. The lowest BCUT2D eigenvalue weighted by atomic mass is 9.80. The molecule has 2 aromatic rings. The maximum atomic E-state index is 13.2. The molecular weight excluding hydrogens is 505 g/mol. The summed E-state index contributed by atoms with van der Waals surface area (Å²) >= 11 is 1.32. The van der Waals surface area contributed by atoms with Gasteiger partial charge in [-0.2, -0.15) is 0 Å². The molecule has 0 aromatic heterocycles. The standard InChI is InChI=1S/C24H32F4NO4PS/c1-23(2,19-7-9-20(25)10-8-19)12-3-4-15-35-22-11-6-18(16-21(22)33-24(26,27)28)17-29-13-5-14-32-34(30)31/h6-11,16,29,34H,3-5,12-15,17H2,1-2H3,(H,30,31). The van der Waals surface area contributed by atoms with E-state index in [1.54, 1.807) is 24.3 Å². The molecule has 2 N–H and O–H groups in total. The van der Waals surface area contributed by atoms with Crippen LogP contribution in [0.15, 0.2) is 47.4 Å². The van der Waals surface area contributed by atoms with Gasteiger partial charge in [0, 0.05) is 11.4 Å². The first-order valence-corrected chi connectivity index (χ1v) is 13.6. The van der Waals surface area contributed by atoms with E-state index in [9.17, 15) is 22.1 Å². The molecule has 0 spiro atoms. The summed E-state index contributed by atoms with van der Waals surface area (Å²) in [5, 5.41) is 3.06. The number of halogens is 4. The van der Waals surface area contributed by atoms with Gasteiger partial charge in [-0.3, -0.25) is 4.57 Å². The van der Waals surface area contributed by atoms with Crippen LogP contribution in [0, 0.1) is 5.82 Å². The second-order valence-electron chi connectivity index (χ2n) is 8.67. The number of benzene rings is 2. The molecule has 11 heteroatoms. The Hall–Kier alpha value is -1.58. The fourth-order valence-electron chi connectivity index (χ4n) is 3.47. The first kappa shape index (κ1) is 29.6. The molecule has 5 nitrogen and oxygen atoms in total. The number of unbranched alkanes of at least 4 members (excludes halogenated alkanes) is 1. The van der Waals surface area contributed by atoms with Gasteiger partial charge in [0.15, 0.2) is 0 Å². The zero-order valence-corrected chi connectivity index (χ0v) is 21.6. The Morgan fingerprint density at radius 2 is 1.77 bits per heavy atom. The van der Waals surface area contributed by atoms with Gasteiger partial charge in [0.05, 0.1) is 6.61 Å². The van der Waals surface area contributed by atoms with E-state index in [4.69, 9.17) is 4.89 Å². The topological polar surface area (TPSA) is 67.8 Å². The largest absolute Gasteiger partial charge is 0.573 e. The van der Waals surface area contributed by atoms with Crippen LogP contribution < -0.4 is 10.1 Å². The first-order valence-electron chi connectivity index (χ1n) is 11.3. The summed E-state index contributed by atoms with van der Waals surface area (Å²) in [6.45, 7) is 5.12. The van der Waals surface area contributed by atoms with Gasteiger partial charge in [0.2, 0.25) is 0 Å². The Morgan fingerprint density at radius 3 is 2.43 bits per heavy atom. The first-order chi connectivity index (χ1) is 16.5. The van der Waals surface area contributed by atoms with Crippen LogP contribution >= 0.6 is 20.0 Å². The highest BCUT2D eigenvalue weighted by Crippen LogP contribution is 2.35. The number of ether oxygens (including phenoxy) is 1. The maximum Gasteiger partial charge on any atom is 0.573 e. The van der Waals surface area contributed by atoms with Crippen LogP contribution in [0.4, 0.5) is 17.6 Å². The van der Waals surface area contributed by atoms with Crippen LogP contribution in [0.3, 0.4) is 0 Å².